The van der Waals surface area contributed by atoms with Crippen LogP contribution < -0.4 is 0 Å². The fourth-order valence-electron chi connectivity index (χ4n) is 7.31. The van der Waals surface area contributed by atoms with Gasteiger partial charge in [-0.1, -0.05) is 206 Å². The van der Waals surface area contributed by atoms with E-state index in [2.05, 4.69) is 26.0 Å². The van der Waals surface area contributed by atoms with E-state index in [1.54, 1.807) is 0 Å². The molecule has 356 valence electrons. The maximum Gasteiger partial charge on any atom is 0.472 e. The fourth-order valence-corrected chi connectivity index (χ4v) is 8.05. The first-order valence-corrected chi connectivity index (χ1v) is 26.9. The first-order valence-electron chi connectivity index (χ1n) is 25.4. The first-order chi connectivity index (χ1) is 29.0. The van der Waals surface area contributed by atoms with Crippen molar-refractivity contribution in [2.24, 2.45) is 0 Å². The summed E-state index contributed by atoms with van der Waals surface area (Å²) in [5.41, 5.74) is 0. The molecule has 0 bridgehead atoms. The van der Waals surface area contributed by atoms with Crippen LogP contribution in [0.1, 0.15) is 245 Å². The number of phosphoric ester groups is 1. The molecule has 10 heteroatoms. The Morgan fingerprint density at radius 2 is 0.850 bits per heavy atom. The predicted molar refractivity (Wildman–Crippen MR) is 252 cm³/mol. The van der Waals surface area contributed by atoms with Crippen molar-refractivity contribution >= 4 is 19.8 Å². The number of allylic oxidation sites excluding steroid dienone is 2. The summed E-state index contributed by atoms with van der Waals surface area (Å²) in [6.45, 7) is 4.45. The number of rotatable bonds is 47. The Hall–Kier alpha value is -1.25. The minimum atomic E-state index is -4.38. The van der Waals surface area contributed by atoms with Gasteiger partial charge in [0.05, 0.1) is 27.7 Å². The average molecular weight is 873 g/mol. The molecule has 0 saturated carbocycles. The molecule has 1 N–H and O–H groups in total. The molecule has 1 unspecified atom stereocenters. The predicted octanol–water partition coefficient (Wildman–Crippen LogP) is 14.9. The van der Waals surface area contributed by atoms with Gasteiger partial charge in [-0.05, 0) is 38.5 Å². The lowest BCUT2D eigenvalue weighted by Crippen LogP contribution is -2.37. The average Bonchev–Trinajstić information content (AvgIpc) is 3.20. The molecule has 0 aliphatic rings. The van der Waals surface area contributed by atoms with Crippen LogP contribution >= 0.6 is 7.82 Å². The molecular formula is C50H99NO8P+. The largest absolute Gasteiger partial charge is 0.472 e. The van der Waals surface area contributed by atoms with Crippen molar-refractivity contribution in [3.05, 3.63) is 12.2 Å². The second kappa shape index (κ2) is 43.0. The molecule has 0 aliphatic heterocycles. The van der Waals surface area contributed by atoms with Crippen molar-refractivity contribution in [2.45, 2.75) is 251 Å². The Morgan fingerprint density at radius 3 is 1.23 bits per heavy atom. The molecule has 0 saturated heterocycles. The topological polar surface area (TPSA) is 108 Å². The highest BCUT2D eigenvalue weighted by molar-refractivity contribution is 7.47. The number of esters is 2. The number of phosphoric acid groups is 1. The second-order valence-electron chi connectivity index (χ2n) is 18.6. The van der Waals surface area contributed by atoms with Gasteiger partial charge in [-0.2, -0.15) is 0 Å². The van der Waals surface area contributed by atoms with E-state index >= 15 is 0 Å². The molecule has 0 amide bonds. The molecule has 0 radical (unpaired) electrons. The normalized spacial score (nSPS) is 13.5. The zero-order chi connectivity index (χ0) is 44.3. The Morgan fingerprint density at radius 1 is 0.500 bits per heavy atom. The van der Waals surface area contributed by atoms with Gasteiger partial charge < -0.3 is 18.9 Å². The van der Waals surface area contributed by atoms with Gasteiger partial charge in [0.1, 0.15) is 19.8 Å². The summed E-state index contributed by atoms with van der Waals surface area (Å²) in [5.74, 6) is -0.794. The lowest BCUT2D eigenvalue weighted by Gasteiger charge is -2.24. The molecule has 0 aromatic carbocycles. The Balaban J connectivity index is 4.20. The van der Waals surface area contributed by atoms with E-state index in [0.29, 0.717) is 23.9 Å². The summed E-state index contributed by atoms with van der Waals surface area (Å²) in [6, 6.07) is 0. The summed E-state index contributed by atoms with van der Waals surface area (Å²) in [7, 11) is 1.48. The SMILES string of the molecule is CCCCCCCC/C=C\CCCCCCCC(=O)O[C@H](COC(=O)CCCCCCCCCCCCCCCCCCCCCCC)COP(=O)(O)OCC[N+](C)(C)C. The maximum absolute atomic E-state index is 12.7. The van der Waals surface area contributed by atoms with Crippen LogP contribution in [0.3, 0.4) is 0 Å². The van der Waals surface area contributed by atoms with Gasteiger partial charge >= 0.3 is 19.8 Å². The third-order valence-electron chi connectivity index (χ3n) is 11.3. The quantitative estimate of drug-likeness (QED) is 0.0212. The van der Waals surface area contributed by atoms with Gasteiger partial charge in [0.15, 0.2) is 6.10 Å². The summed E-state index contributed by atoms with van der Waals surface area (Å²) in [4.78, 5) is 35.5. The minimum Gasteiger partial charge on any atom is -0.462 e. The van der Waals surface area contributed by atoms with Crippen LogP contribution in [0.4, 0.5) is 0 Å². The number of unbranched alkanes of at least 4 members (excludes halogenated alkanes) is 31. The Bertz CT molecular complexity index is 1030. The third kappa shape index (κ3) is 46.3. The zero-order valence-electron chi connectivity index (χ0n) is 40.2. The minimum absolute atomic E-state index is 0.0334. The van der Waals surface area contributed by atoms with Gasteiger partial charge in [0.2, 0.25) is 0 Å². The van der Waals surface area contributed by atoms with Crippen LogP contribution in [0, 0.1) is 0 Å². The van der Waals surface area contributed by atoms with Crippen LogP contribution in [0.5, 0.6) is 0 Å². The van der Waals surface area contributed by atoms with Gasteiger partial charge in [0, 0.05) is 12.8 Å². The molecule has 0 aromatic rings. The summed E-state index contributed by atoms with van der Waals surface area (Å²) in [6.07, 6.45) is 46.9. The van der Waals surface area contributed by atoms with Gasteiger partial charge in [-0.25, -0.2) is 4.57 Å². The fraction of sp³-hybridized carbons (Fsp3) is 0.920. The highest BCUT2D eigenvalue weighted by atomic mass is 31.2. The van der Waals surface area contributed by atoms with Crippen molar-refractivity contribution in [2.75, 3.05) is 47.5 Å². The maximum atomic E-state index is 12.7. The van der Waals surface area contributed by atoms with Crippen molar-refractivity contribution in [1.29, 1.82) is 0 Å². The van der Waals surface area contributed by atoms with Crippen LogP contribution in [0.15, 0.2) is 12.2 Å². The number of quaternary nitrogens is 1. The summed E-state index contributed by atoms with van der Waals surface area (Å²) in [5, 5.41) is 0. The van der Waals surface area contributed by atoms with Crippen molar-refractivity contribution in [3.8, 4) is 0 Å². The zero-order valence-corrected chi connectivity index (χ0v) is 41.1. The number of carbonyl (C=O) groups is 2. The Labute approximate surface area is 371 Å². The van der Waals surface area contributed by atoms with E-state index in [4.69, 9.17) is 18.5 Å². The molecule has 9 nitrogen and oxygen atoms in total. The first kappa shape index (κ1) is 58.8. The van der Waals surface area contributed by atoms with Crippen molar-refractivity contribution in [1.82, 2.24) is 0 Å². The number of likely N-dealkylation sites (N-methyl/N-ethyl adjacent to an activating group) is 1. The van der Waals surface area contributed by atoms with Crippen LogP contribution in [-0.4, -0.2) is 74.9 Å². The summed E-state index contributed by atoms with van der Waals surface area (Å²) < 4.78 is 34.4. The molecular weight excluding hydrogens is 774 g/mol. The number of ether oxygens (including phenoxy) is 2. The van der Waals surface area contributed by atoms with Gasteiger partial charge in [-0.3, -0.25) is 18.6 Å². The molecule has 0 aromatic heterocycles. The lowest BCUT2D eigenvalue weighted by atomic mass is 10.0. The monoisotopic (exact) mass is 873 g/mol. The van der Waals surface area contributed by atoms with Crippen molar-refractivity contribution < 1.29 is 42.1 Å². The third-order valence-corrected chi connectivity index (χ3v) is 12.3. The van der Waals surface area contributed by atoms with E-state index in [0.717, 1.165) is 51.4 Å². The highest BCUT2D eigenvalue weighted by Gasteiger charge is 2.27. The molecule has 60 heavy (non-hydrogen) atoms. The van der Waals surface area contributed by atoms with E-state index in [1.165, 1.54) is 161 Å². The number of hydrogen-bond acceptors (Lipinski definition) is 7. The number of nitrogens with zero attached hydrogens (tertiary/aromatic N) is 1. The molecule has 0 aliphatic carbocycles. The number of carbonyl (C=O) groups excluding carboxylic acids is 2. The lowest BCUT2D eigenvalue weighted by molar-refractivity contribution is -0.870. The molecule has 0 spiro atoms. The van der Waals surface area contributed by atoms with Gasteiger partial charge in [0.25, 0.3) is 0 Å². The molecule has 0 heterocycles. The van der Waals surface area contributed by atoms with E-state index in [9.17, 15) is 19.0 Å². The van der Waals surface area contributed by atoms with Crippen molar-refractivity contribution in [3.63, 3.8) is 0 Å². The van der Waals surface area contributed by atoms with E-state index in [1.807, 2.05) is 21.1 Å². The number of hydrogen-bond donors (Lipinski definition) is 1. The summed E-state index contributed by atoms with van der Waals surface area (Å²) >= 11 is 0. The smallest absolute Gasteiger partial charge is 0.462 e. The van der Waals surface area contributed by atoms with Gasteiger partial charge in [-0.15, -0.1) is 0 Å². The van der Waals surface area contributed by atoms with E-state index < -0.39 is 26.5 Å². The van der Waals surface area contributed by atoms with E-state index in [-0.39, 0.29) is 25.6 Å². The van der Waals surface area contributed by atoms with Crippen LogP contribution in [0.25, 0.3) is 0 Å². The van der Waals surface area contributed by atoms with Crippen LogP contribution in [-0.2, 0) is 32.7 Å². The molecule has 0 fully saturated rings. The standard InChI is InChI=1S/C50H98NO8P/c1-6-8-10-12-14-16-18-20-22-23-24-25-26-27-29-30-32-34-36-38-40-42-49(52)56-46-48(47-58-60(54,55)57-45-44-51(3,4)5)59-50(53)43-41-39-37-35-33-31-28-21-19-17-15-13-11-9-7-2/h21,28,48H,6-20,22-27,29-47H2,1-5H3/p+1/b28-21-/t48-/m1/s1. The Kier molecular flexibility index (Phi) is 42.1. The molecule has 2 atom stereocenters. The highest BCUT2D eigenvalue weighted by Crippen LogP contribution is 2.43. The molecule has 0 rings (SSSR count). The second-order valence-corrected chi connectivity index (χ2v) is 20.0. The van der Waals surface area contributed by atoms with Crippen LogP contribution in [0.2, 0.25) is 0 Å².